The Labute approximate surface area is 105 Å². The van der Waals surface area contributed by atoms with Gasteiger partial charge < -0.3 is 9.47 Å². The molecule has 0 unspecified atom stereocenters. The highest BCUT2D eigenvalue weighted by molar-refractivity contribution is 9.10. The van der Waals surface area contributed by atoms with Gasteiger partial charge in [-0.25, -0.2) is 0 Å². The molecule has 0 atom stereocenters. The Hall–Kier alpha value is -0.720. The van der Waals surface area contributed by atoms with E-state index in [0.29, 0.717) is 4.88 Å². The second-order valence-corrected chi connectivity index (χ2v) is 5.35. The number of hydrogen-bond acceptors (Lipinski definition) is 5. The minimum Gasteiger partial charge on any atom is -0.468 e. The SMILES string of the molecule is COC(=O)C1(C(=O)c2cc(Br)cs2)COC1. The van der Waals surface area contributed by atoms with E-state index in [1.807, 2.05) is 0 Å². The second-order valence-electron chi connectivity index (χ2n) is 3.52. The molecule has 0 spiro atoms. The van der Waals surface area contributed by atoms with Crippen LogP contribution in [0.1, 0.15) is 9.67 Å². The molecule has 1 aromatic rings. The summed E-state index contributed by atoms with van der Waals surface area (Å²) < 4.78 is 10.5. The standard InChI is InChI=1S/C10H9BrO4S/c1-14-9(13)10(4-15-5-10)8(12)7-2-6(11)3-16-7/h2-3H,4-5H2,1H3. The molecule has 1 aliphatic heterocycles. The van der Waals surface area contributed by atoms with Crippen LogP contribution in [0.4, 0.5) is 0 Å². The number of esters is 1. The van der Waals surface area contributed by atoms with Gasteiger partial charge in [0.25, 0.3) is 0 Å². The number of carbonyl (C=O) groups excluding carboxylic acids is 2. The molecule has 2 heterocycles. The molecule has 86 valence electrons. The van der Waals surface area contributed by atoms with E-state index in [9.17, 15) is 9.59 Å². The lowest BCUT2D eigenvalue weighted by molar-refractivity contribution is -0.172. The lowest BCUT2D eigenvalue weighted by atomic mass is 9.81. The van der Waals surface area contributed by atoms with Crippen molar-refractivity contribution in [2.24, 2.45) is 5.41 Å². The van der Waals surface area contributed by atoms with Crippen LogP contribution in [0.15, 0.2) is 15.9 Å². The van der Waals surface area contributed by atoms with Crippen molar-refractivity contribution in [1.82, 2.24) is 0 Å². The van der Waals surface area contributed by atoms with Crippen molar-refractivity contribution in [3.8, 4) is 0 Å². The largest absolute Gasteiger partial charge is 0.468 e. The minimum atomic E-state index is -1.13. The third-order valence-electron chi connectivity index (χ3n) is 2.50. The van der Waals surface area contributed by atoms with Crippen molar-refractivity contribution in [1.29, 1.82) is 0 Å². The molecule has 4 nitrogen and oxygen atoms in total. The highest BCUT2D eigenvalue weighted by Gasteiger charge is 2.54. The van der Waals surface area contributed by atoms with E-state index in [-0.39, 0.29) is 19.0 Å². The molecule has 16 heavy (non-hydrogen) atoms. The van der Waals surface area contributed by atoms with Gasteiger partial charge in [-0.15, -0.1) is 11.3 Å². The fraction of sp³-hybridized carbons (Fsp3) is 0.400. The van der Waals surface area contributed by atoms with Crippen LogP contribution in [0.2, 0.25) is 0 Å². The predicted octanol–water partition coefficient (Wildman–Crippen LogP) is 1.88. The van der Waals surface area contributed by atoms with Gasteiger partial charge in [-0.2, -0.15) is 0 Å². The van der Waals surface area contributed by atoms with E-state index in [0.717, 1.165) is 4.47 Å². The van der Waals surface area contributed by atoms with E-state index in [2.05, 4.69) is 20.7 Å². The summed E-state index contributed by atoms with van der Waals surface area (Å²) in [5.74, 6) is -0.741. The average Bonchev–Trinajstić information content (AvgIpc) is 2.62. The molecule has 0 amide bonds. The quantitative estimate of drug-likeness (QED) is 0.486. The van der Waals surface area contributed by atoms with Crippen LogP contribution in [-0.4, -0.2) is 32.1 Å². The van der Waals surface area contributed by atoms with E-state index in [1.165, 1.54) is 18.4 Å². The van der Waals surface area contributed by atoms with Gasteiger partial charge in [-0.05, 0) is 22.0 Å². The summed E-state index contributed by atoms with van der Waals surface area (Å²) in [6.07, 6.45) is 0. The van der Waals surface area contributed by atoms with Gasteiger partial charge in [-0.1, -0.05) is 0 Å². The zero-order valence-electron chi connectivity index (χ0n) is 8.49. The number of Topliss-reactive ketones (excluding diaryl/α,β-unsaturated/α-hetero) is 1. The number of carbonyl (C=O) groups is 2. The molecular weight excluding hydrogens is 296 g/mol. The molecule has 0 aromatic carbocycles. The first-order chi connectivity index (χ1) is 7.60. The molecular formula is C10H9BrO4S. The first-order valence-electron chi connectivity index (χ1n) is 4.55. The van der Waals surface area contributed by atoms with Crippen molar-refractivity contribution >= 4 is 39.0 Å². The van der Waals surface area contributed by atoms with Crippen LogP contribution in [0.5, 0.6) is 0 Å². The zero-order valence-corrected chi connectivity index (χ0v) is 10.9. The lowest BCUT2D eigenvalue weighted by Crippen LogP contribution is -2.55. The molecule has 1 saturated heterocycles. The first-order valence-corrected chi connectivity index (χ1v) is 6.22. The summed E-state index contributed by atoms with van der Waals surface area (Å²) in [6, 6.07) is 1.70. The van der Waals surface area contributed by atoms with Gasteiger partial charge in [-0.3, -0.25) is 9.59 Å². The molecule has 6 heteroatoms. The number of thiophene rings is 1. The topological polar surface area (TPSA) is 52.6 Å². The van der Waals surface area contributed by atoms with E-state index in [4.69, 9.17) is 4.74 Å². The van der Waals surface area contributed by atoms with Gasteiger partial charge >= 0.3 is 5.97 Å². The summed E-state index contributed by atoms with van der Waals surface area (Å²) in [5.41, 5.74) is -1.13. The van der Waals surface area contributed by atoms with Crippen molar-refractivity contribution in [2.75, 3.05) is 20.3 Å². The minimum absolute atomic E-state index is 0.105. The van der Waals surface area contributed by atoms with E-state index < -0.39 is 11.4 Å². The molecule has 0 saturated carbocycles. The molecule has 1 aliphatic rings. The number of ether oxygens (including phenoxy) is 2. The summed E-state index contributed by atoms with van der Waals surface area (Å²) in [4.78, 5) is 24.3. The third kappa shape index (κ3) is 1.70. The summed E-state index contributed by atoms with van der Waals surface area (Å²) in [7, 11) is 1.28. The Morgan fingerprint density at radius 3 is 2.62 bits per heavy atom. The van der Waals surface area contributed by atoms with Gasteiger partial charge in [0.2, 0.25) is 0 Å². The van der Waals surface area contributed by atoms with Crippen LogP contribution in [0, 0.1) is 5.41 Å². The Bertz CT molecular complexity index is 436. The highest BCUT2D eigenvalue weighted by atomic mass is 79.9. The first kappa shape index (κ1) is 11.8. The molecule has 0 bridgehead atoms. The van der Waals surface area contributed by atoms with Crippen LogP contribution in [0.3, 0.4) is 0 Å². The number of ketones is 1. The number of methoxy groups -OCH3 is 1. The lowest BCUT2D eigenvalue weighted by Gasteiger charge is -2.36. The Morgan fingerprint density at radius 2 is 2.25 bits per heavy atom. The zero-order chi connectivity index (χ0) is 11.8. The average molecular weight is 305 g/mol. The molecule has 1 fully saturated rings. The van der Waals surface area contributed by atoms with Crippen LogP contribution < -0.4 is 0 Å². The van der Waals surface area contributed by atoms with Crippen molar-refractivity contribution in [2.45, 2.75) is 0 Å². The van der Waals surface area contributed by atoms with Gasteiger partial charge in [0.1, 0.15) is 0 Å². The summed E-state index contributed by atoms with van der Waals surface area (Å²) >= 11 is 4.57. The van der Waals surface area contributed by atoms with Crippen molar-refractivity contribution in [3.63, 3.8) is 0 Å². The maximum absolute atomic E-state index is 12.2. The van der Waals surface area contributed by atoms with Crippen molar-refractivity contribution < 1.29 is 19.1 Å². The van der Waals surface area contributed by atoms with E-state index >= 15 is 0 Å². The fourth-order valence-corrected chi connectivity index (χ4v) is 2.98. The molecule has 0 radical (unpaired) electrons. The normalized spacial score (nSPS) is 17.6. The number of halogens is 1. The van der Waals surface area contributed by atoms with Gasteiger partial charge in [0.05, 0.1) is 25.2 Å². The number of hydrogen-bond donors (Lipinski definition) is 0. The van der Waals surface area contributed by atoms with Crippen LogP contribution in [0.25, 0.3) is 0 Å². The molecule has 1 aromatic heterocycles. The van der Waals surface area contributed by atoms with E-state index in [1.54, 1.807) is 11.4 Å². The fourth-order valence-electron chi connectivity index (χ4n) is 1.51. The molecule has 2 rings (SSSR count). The molecule has 0 aliphatic carbocycles. The Morgan fingerprint density at radius 1 is 1.56 bits per heavy atom. The maximum Gasteiger partial charge on any atom is 0.324 e. The van der Waals surface area contributed by atoms with Crippen LogP contribution >= 0.6 is 27.3 Å². The summed E-state index contributed by atoms with van der Waals surface area (Å²) in [5, 5.41) is 1.80. The molecule has 0 N–H and O–H groups in total. The van der Waals surface area contributed by atoms with Gasteiger partial charge in [0.15, 0.2) is 11.2 Å². The third-order valence-corrected chi connectivity index (χ3v) is 4.19. The van der Waals surface area contributed by atoms with Gasteiger partial charge in [0, 0.05) is 9.85 Å². The van der Waals surface area contributed by atoms with Crippen molar-refractivity contribution in [3.05, 3.63) is 20.8 Å². The Balaban J connectivity index is 2.29. The second kappa shape index (κ2) is 4.27. The Kier molecular flexibility index (Phi) is 3.14. The smallest absolute Gasteiger partial charge is 0.324 e. The summed E-state index contributed by atoms with van der Waals surface area (Å²) in [6.45, 7) is 0.210. The number of rotatable bonds is 3. The maximum atomic E-state index is 12.2. The van der Waals surface area contributed by atoms with Crippen LogP contribution in [-0.2, 0) is 14.3 Å². The predicted molar refractivity (Wildman–Crippen MR) is 61.6 cm³/mol. The highest BCUT2D eigenvalue weighted by Crippen LogP contribution is 2.35. The monoisotopic (exact) mass is 304 g/mol.